The first-order valence-corrected chi connectivity index (χ1v) is 5.26. The van der Waals surface area contributed by atoms with Gasteiger partial charge in [0.1, 0.15) is 11.4 Å². The lowest BCUT2D eigenvalue weighted by Crippen LogP contribution is -2.27. The highest BCUT2D eigenvalue weighted by Crippen LogP contribution is 2.32. The molecule has 2 rings (SSSR count). The van der Waals surface area contributed by atoms with Crippen molar-refractivity contribution in [2.45, 2.75) is 26.4 Å². The van der Waals surface area contributed by atoms with Crippen molar-refractivity contribution < 1.29 is 9.53 Å². The molecule has 0 saturated carbocycles. The van der Waals surface area contributed by atoms with E-state index >= 15 is 0 Å². The molecule has 3 nitrogen and oxygen atoms in total. The van der Waals surface area contributed by atoms with Crippen molar-refractivity contribution in [1.29, 1.82) is 0 Å². The predicted octanol–water partition coefficient (Wildman–Crippen LogP) is 2.83. The number of nitrogens with one attached hydrogen (secondary N) is 1. The van der Waals surface area contributed by atoms with E-state index in [-0.39, 0.29) is 11.5 Å². The monoisotopic (exact) mass is 217 g/mol. The molecule has 0 unspecified atom stereocenters. The Morgan fingerprint density at radius 1 is 1.38 bits per heavy atom. The topological polar surface area (TPSA) is 38.3 Å². The van der Waals surface area contributed by atoms with E-state index in [1.54, 1.807) is 0 Å². The van der Waals surface area contributed by atoms with Crippen LogP contribution in [0.15, 0.2) is 24.3 Å². The molecule has 1 aromatic carbocycles. The average Bonchev–Trinajstić information content (AvgIpc) is 2.14. The summed E-state index contributed by atoms with van der Waals surface area (Å²) in [4.78, 5) is 10.9. The Balaban J connectivity index is 2.33. The van der Waals surface area contributed by atoms with Gasteiger partial charge in [-0.15, -0.1) is 0 Å². The maximum absolute atomic E-state index is 10.9. The lowest BCUT2D eigenvalue weighted by molar-refractivity contribution is -0.114. The first-order chi connectivity index (χ1) is 7.46. The number of hydrogen-bond acceptors (Lipinski definition) is 2. The van der Waals surface area contributed by atoms with Crippen LogP contribution in [0.2, 0.25) is 0 Å². The van der Waals surface area contributed by atoms with Crippen LogP contribution in [0.5, 0.6) is 5.75 Å². The van der Waals surface area contributed by atoms with Crippen molar-refractivity contribution in [2.24, 2.45) is 0 Å². The van der Waals surface area contributed by atoms with Gasteiger partial charge < -0.3 is 10.1 Å². The van der Waals surface area contributed by atoms with Crippen LogP contribution in [-0.2, 0) is 4.79 Å². The third-order valence-electron chi connectivity index (χ3n) is 2.37. The van der Waals surface area contributed by atoms with Crippen molar-refractivity contribution in [3.05, 3.63) is 29.8 Å². The molecule has 0 atom stereocenters. The van der Waals surface area contributed by atoms with Crippen LogP contribution in [0, 0.1) is 0 Å². The lowest BCUT2D eigenvalue weighted by atomic mass is 10.0. The predicted molar refractivity (Wildman–Crippen MR) is 64.5 cm³/mol. The Hall–Kier alpha value is -1.77. The van der Waals surface area contributed by atoms with E-state index in [0.29, 0.717) is 0 Å². The van der Waals surface area contributed by atoms with Crippen LogP contribution in [0.25, 0.3) is 6.08 Å². The minimum Gasteiger partial charge on any atom is -0.483 e. The number of benzene rings is 1. The molecular formula is C13H15NO2. The van der Waals surface area contributed by atoms with Gasteiger partial charge in [0, 0.05) is 24.2 Å². The fourth-order valence-corrected chi connectivity index (χ4v) is 1.65. The minimum atomic E-state index is -0.290. The molecule has 0 fully saturated rings. The number of amides is 1. The molecular weight excluding hydrogens is 202 g/mol. The van der Waals surface area contributed by atoms with Crippen LogP contribution >= 0.6 is 0 Å². The van der Waals surface area contributed by atoms with Crippen molar-refractivity contribution in [3.63, 3.8) is 0 Å². The van der Waals surface area contributed by atoms with Crippen molar-refractivity contribution in [1.82, 2.24) is 0 Å². The maximum atomic E-state index is 10.9. The molecule has 16 heavy (non-hydrogen) atoms. The maximum Gasteiger partial charge on any atom is 0.221 e. The van der Waals surface area contributed by atoms with E-state index in [2.05, 4.69) is 5.32 Å². The SMILES string of the molecule is CC(=O)Nc1ccc2c(c1)OC(C)(C)C=C2. The molecule has 1 N–H and O–H groups in total. The number of fused-ring (bicyclic) bond motifs is 1. The number of rotatable bonds is 1. The zero-order valence-electron chi connectivity index (χ0n) is 9.70. The second kappa shape index (κ2) is 3.67. The van der Waals surface area contributed by atoms with Crippen molar-refractivity contribution in [3.8, 4) is 5.75 Å². The molecule has 0 saturated heterocycles. The largest absolute Gasteiger partial charge is 0.483 e. The quantitative estimate of drug-likeness (QED) is 0.785. The fourth-order valence-electron chi connectivity index (χ4n) is 1.65. The molecule has 0 radical (unpaired) electrons. The molecule has 1 aliphatic heterocycles. The summed E-state index contributed by atoms with van der Waals surface area (Å²) in [7, 11) is 0. The molecule has 1 heterocycles. The average molecular weight is 217 g/mol. The Bertz CT molecular complexity index is 461. The Morgan fingerprint density at radius 2 is 2.12 bits per heavy atom. The van der Waals surface area contributed by atoms with Gasteiger partial charge in [0.15, 0.2) is 0 Å². The summed E-state index contributed by atoms with van der Waals surface area (Å²) in [5, 5.41) is 2.74. The minimum absolute atomic E-state index is 0.0782. The van der Waals surface area contributed by atoms with Gasteiger partial charge in [-0.05, 0) is 32.1 Å². The number of carbonyl (C=O) groups is 1. The molecule has 1 aliphatic rings. The van der Waals surface area contributed by atoms with Crippen LogP contribution in [0.1, 0.15) is 26.3 Å². The highest BCUT2D eigenvalue weighted by atomic mass is 16.5. The van der Waals surface area contributed by atoms with E-state index in [9.17, 15) is 4.79 Å². The van der Waals surface area contributed by atoms with Gasteiger partial charge in [-0.2, -0.15) is 0 Å². The number of carbonyl (C=O) groups excluding carboxylic acids is 1. The van der Waals surface area contributed by atoms with Gasteiger partial charge in [-0.1, -0.05) is 6.08 Å². The van der Waals surface area contributed by atoms with Crippen molar-refractivity contribution >= 4 is 17.7 Å². The molecule has 0 spiro atoms. The molecule has 1 aromatic rings. The summed E-state index contributed by atoms with van der Waals surface area (Å²) in [6.07, 6.45) is 4.06. The van der Waals surface area contributed by atoms with Gasteiger partial charge in [0.25, 0.3) is 0 Å². The fraction of sp³-hybridized carbons (Fsp3) is 0.308. The summed E-state index contributed by atoms with van der Waals surface area (Å²) < 4.78 is 5.80. The van der Waals surface area contributed by atoms with Crippen LogP contribution < -0.4 is 10.1 Å². The molecule has 3 heteroatoms. The van der Waals surface area contributed by atoms with Crippen molar-refractivity contribution in [2.75, 3.05) is 5.32 Å². The number of anilines is 1. The van der Waals surface area contributed by atoms with Gasteiger partial charge in [0.2, 0.25) is 5.91 Å². The molecule has 1 amide bonds. The first-order valence-electron chi connectivity index (χ1n) is 5.26. The second-order valence-corrected chi connectivity index (χ2v) is 4.47. The highest BCUT2D eigenvalue weighted by Gasteiger charge is 2.21. The van der Waals surface area contributed by atoms with Gasteiger partial charge in [-0.3, -0.25) is 4.79 Å². The van der Waals surface area contributed by atoms with Gasteiger partial charge >= 0.3 is 0 Å². The summed E-state index contributed by atoms with van der Waals surface area (Å²) >= 11 is 0. The van der Waals surface area contributed by atoms with Gasteiger partial charge in [-0.25, -0.2) is 0 Å². The molecule has 84 valence electrons. The first kappa shape index (κ1) is 10.7. The Morgan fingerprint density at radius 3 is 2.81 bits per heavy atom. The third kappa shape index (κ3) is 2.24. The highest BCUT2D eigenvalue weighted by molar-refractivity contribution is 5.89. The van der Waals surface area contributed by atoms with E-state index in [1.807, 2.05) is 44.2 Å². The third-order valence-corrected chi connectivity index (χ3v) is 2.37. The molecule has 0 bridgehead atoms. The lowest BCUT2D eigenvalue weighted by Gasteiger charge is -2.28. The molecule has 0 aromatic heterocycles. The van der Waals surface area contributed by atoms with E-state index in [1.165, 1.54) is 6.92 Å². The number of hydrogen-bond donors (Lipinski definition) is 1. The normalized spacial score (nSPS) is 16.2. The molecule has 0 aliphatic carbocycles. The second-order valence-electron chi connectivity index (χ2n) is 4.47. The van der Waals surface area contributed by atoms with E-state index in [4.69, 9.17) is 4.74 Å². The number of ether oxygens (including phenoxy) is 1. The smallest absolute Gasteiger partial charge is 0.221 e. The Kier molecular flexibility index (Phi) is 2.46. The summed E-state index contributed by atoms with van der Waals surface area (Å²) in [6.45, 7) is 5.49. The zero-order chi connectivity index (χ0) is 11.8. The van der Waals surface area contributed by atoms with Crippen LogP contribution in [0.4, 0.5) is 5.69 Å². The van der Waals surface area contributed by atoms with Gasteiger partial charge in [0.05, 0.1) is 0 Å². The standard InChI is InChI=1S/C13H15NO2/c1-9(15)14-11-5-4-10-6-7-13(2,3)16-12(10)8-11/h4-8H,1-3H3,(H,14,15). The van der Waals surface area contributed by atoms with E-state index < -0.39 is 0 Å². The van der Waals surface area contributed by atoms with Crippen LogP contribution in [-0.4, -0.2) is 11.5 Å². The summed E-state index contributed by atoms with van der Waals surface area (Å²) in [5.74, 6) is 0.726. The summed E-state index contributed by atoms with van der Waals surface area (Å²) in [6, 6.07) is 5.65. The van der Waals surface area contributed by atoms with Crippen LogP contribution in [0.3, 0.4) is 0 Å². The van der Waals surface area contributed by atoms with E-state index in [0.717, 1.165) is 17.0 Å². The summed E-state index contributed by atoms with van der Waals surface area (Å²) in [5.41, 5.74) is 1.51. The zero-order valence-corrected chi connectivity index (χ0v) is 9.70. The Labute approximate surface area is 95.1 Å².